The van der Waals surface area contributed by atoms with E-state index in [2.05, 4.69) is 4.98 Å². The summed E-state index contributed by atoms with van der Waals surface area (Å²) in [7, 11) is -3.89. The fourth-order valence-electron chi connectivity index (χ4n) is 0.867. The number of nitro groups is 1. The van der Waals surface area contributed by atoms with Gasteiger partial charge in [0.15, 0.2) is 6.20 Å². The molecule has 0 saturated heterocycles. The van der Waals surface area contributed by atoms with Crippen molar-refractivity contribution in [1.82, 2.24) is 9.87 Å². The minimum absolute atomic E-state index is 0.211. The monoisotopic (exact) mass is 275 g/mol. The van der Waals surface area contributed by atoms with Gasteiger partial charge in [-0.05, 0) is 36.7 Å². The topological polar surface area (TPSA) is 111 Å². The summed E-state index contributed by atoms with van der Waals surface area (Å²) in [5.74, 6) is -0.425. The van der Waals surface area contributed by atoms with Gasteiger partial charge in [0.2, 0.25) is 0 Å². The molecule has 0 atom stereocenters. The highest BCUT2D eigenvalue weighted by Gasteiger charge is 2.21. The molecule has 9 heteroatoms. The second-order valence-electron chi connectivity index (χ2n) is 4.41. The lowest BCUT2D eigenvalue weighted by Gasteiger charge is -2.18. The van der Waals surface area contributed by atoms with E-state index in [9.17, 15) is 18.5 Å². The van der Waals surface area contributed by atoms with Crippen LogP contribution < -0.4 is 4.89 Å². The van der Waals surface area contributed by atoms with Crippen molar-refractivity contribution >= 4 is 15.8 Å². The Morgan fingerprint density at radius 3 is 2.39 bits per heavy atom. The summed E-state index contributed by atoms with van der Waals surface area (Å²) in [6.45, 7) is 5.01. The van der Waals surface area contributed by atoms with E-state index in [0.29, 0.717) is 0 Å². The first-order chi connectivity index (χ1) is 8.12. The molecule has 0 aromatic carbocycles. The zero-order valence-corrected chi connectivity index (χ0v) is 10.9. The van der Waals surface area contributed by atoms with Gasteiger partial charge >= 0.3 is 5.82 Å². The second kappa shape index (κ2) is 4.96. The van der Waals surface area contributed by atoms with Crippen LogP contribution in [0.3, 0.4) is 0 Å². The van der Waals surface area contributed by atoms with E-state index in [1.165, 1.54) is 0 Å². The highest BCUT2D eigenvalue weighted by molar-refractivity contribution is 7.89. The Kier molecular flexibility index (Phi) is 3.99. The molecule has 0 radical (unpaired) electrons. The lowest BCUT2D eigenvalue weighted by Crippen LogP contribution is -2.33. The zero-order valence-electron chi connectivity index (χ0n) is 10.1. The molecule has 1 aromatic heterocycles. The van der Waals surface area contributed by atoms with Gasteiger partial charge in [-0.25, -0.2) is 8.42 Å². The van der Waals surface area contributed by atoms with Crippen molar-refractivity contribution in [1.29, 1.82) is 0 Å². The SMILES string of the molecule is CC(C)(C)ONS(=O)(=O)c1ccc([N+](=O)[O-])nc1. The summed E-state index contributed by atoms with van der Waals surface area (Å²) in [6.07, 6.45) is 0.895. The number of nitrogens with one attached hydrogen (secondary N) is 1. The van der Waals surface area contributed by atoms with Crippen molar-refractivity contribution in [2.75, 3.05) is 0 Å². The minimum Gasteiger partial charge on any atom is -0.358 e. The quantitative estimate of drug-likeness (QED) is 0.648. The summed E-state index contributed by atoms with van der Waals surface area (Å²) in [5.41, 5.74) is -0.693. The Bertz CT molecular complexity index is 532. The summed E-state index contributed by atoms with van der Waals surface area (Å²) in [4.78, 5) is 19.7. The molecule has 1 heterocycles. The van der Waals surface area contributed by atoms with Gasteiger partial charge in [-0.3, -0.25) is 4.84 Å². The van der Waals surface area contributed by atoms with Crippen molar-refractivity contribution in [3.63, 3.8) is 0 Å². The highest BCUT2D eigenvalue weighted by Crippen LogP contribution is 2.13. The third kappa shape index (κ3) is 4.02. The maximum absolute atomic E-state index is 11.7. The van der Waals surface area contributed by atoms with Gasteiger partial charge in [0.25, 0.3) is 10.0 Å². The number of nitrogens with zero attached hydrogens (tertiary/aromatic N) is 2. The molecular formula is C9H13N3O5S. The van der Waals surface area contributed by atoms with E-state index in [-0.39, 0.29) is 4.90 Å². The molecule has 0 unspecified atom stereocenters. The molecule has 18 heavy (non-hydrogen) atoms. The normalized spacial score (nSPS) is 12.4. The van der Waals surface area contributed by atoms with Crippen molar-refractivity contribution in [3.05, 3.63) is 28.4 Å². The lowest BCUT2D eigenvalue weighted by molar-refractivity contribution is -0.389. The van der Waals surface area contributed by atoms with Crippen LogP contribution in [-0.2, 0) is 14.9 Å². The van der Waals surface area contributed by atoms with Crippen LogP contribution in [0.25, 0.3) is 0 Å². The molecule has 0 aliphatic rings. The third-order valence-corrected chi connectivity index (χ3v) is 2.84. The maximum atomic E-state index is 11.7. The average molecular weight is 275 g/mol. The minimum atomic E-state index is -3.89. The fourth-order valence-corrected chi connectivity index (χ4v) is 1.76. The molecule has 0 aliphatic heterocycles. The Balaban J connectivity index is 2.89. The predicted octanol–water partition coefficient (Wildman–Crippen LogP) is 0.998. The van der Waals surface area contributed by atoms with Crippen LogP contribution in [0.4, 0.5) is 5.82 Å². The molecule has 100 valence electrons. The zero-order chi connectivity index (χ0) is 14.0. The molecule has 0 fully saturated rings. The predicted molar refractivity (Wildman–Crippen MR) is 62.1 cm³/mol. The smallest absolute Gasteiger partial charge is 0.358 e. The summed E-state index contributed by atoms with van der Waals surface area (Å²) >= 11 is 0. The highest BCUT2D eigenvalue weighted by atomic mass is 32.2. The maximum Gasteiger partial charge on any atom is 0.363 e. The van der Waals surface area contributed by atoms with Gasteiger partial charge in [-0.1, -0.05) is 4.89 Å². The van der Waals surface area contributed by atoms with Crippen LogP contribution in [-0.4, -0.2) is 23.9 Å². The standard InChI is InChI=1S/C9H13N3O5S/c1-9(2,3)17-11-18(15,16)7-4-5-8(10-6-7)12(13)14/h4-6,11H,1-3H3. The van der Waals surface area contributed by atoms with Crippen molar-refractivity contribution in [2.24, 2.45) is 0 Å². The van der Waals surface area contributed by atoms with Crippen molar-refractivity contribution < 1.29 is 18.2 Å². The van der Waals surface area contributed by atoms with Gasteiger partial charge in [-0.2, -0.15) is 0 Å². The van der Waals surface area contributed by atoms with Crippen LogP contribution in [0.2, 0.25) is 0 Å². The fraction of sp³-hybridized carbons (Fsp3) is 0.444. The number of rotatable bonds is 4. The first-order valence-corrected chi connectivity index (χ1v) is 6.40. The van der Waals surface area contributed by atoms with Crippen LogP contribution in [0.5, 0.6) is 0 Å². The number of hydrogen-bond acceptors (Lipinski definition) is 6. The number of aromatic nitrogens is 1. The molecule has 1 rings (SSSR count). The van der Waals surface area contributed by atoms with Crippen LogP contribution in [0, 0.1) is 10.1 Å². The van der Waals surface area contributed by atoms with E-state index < -0.39 is 26.4 Å². The van der Waals surface area contributed by atoms with Gasteiger partial charge < -0.3 is 10.1 Å². The van der Waals surface area contributed by atoms with E-state index in [4.69, 9.17) is 4.84 Å². The summed E-state index contributed by atoms with van der Waals surface area (Å²) < 4.78 is 23.4. The van der Waals surface area contributed by atoms with Gasteiger partial charge in [-0.15, -0.1) is 0 Å². The average Bonchev–Trinajstić information content (AvgIpc) is 2.26. The molecule has 1 aromatic rings. The summed E-state index contributed by atoms with van der Waals surface area (Å²) in [6, 6.07) is 2.09. The summed E-state index contributed by atoms with van der Waals surface area (Å²) in [5, 5.41) is 10.4. The number of sulfonamides is 1. The Hall–Kier alpha value is -1.58. The Morgan fingerprint density at radius 2 is 2.00 bits per heavy atom. The second-order valence-corrected chi connectivity index (χ2v) is 6.06. The largest absolute Gasteiger partial charge is 0.363 e. The van der Waals surface area contributed by atoms with E-state index in [0.717, 1.165) is 18.3 Å². The Morgan fingerprint density at radius 1 is 1.39 bits per heavy atom. The third-order valence-electron chi connectivity index (χ3n) is 1.68. The number of pyridine rings is 1. The molecular weight excluding hydrogens is 262 g/mol. The van der Waals surface area contributed by atoms with Gasteiger partial charge in [0.1, 0.15) is 4.90 Å². The first-order valence-electron chi connectivity index (χ1n) is 4.92. The molecule has 0 spiro atoms. The molecule has 0 aliphatic carbocycles. The van der Waals surface area contributed by atoms with E-state index in [1.54, 1.807) is 20.8 Å². The van der Waals surface area contributed by atoms with E-state index in [1.807, 2.05) is 4.89 Å². The van der Waals surface area contributed by atoms with Crippen LogP contribution in [0.15, 0.2) is 23.2 Å². The number of hydrogen-bond donors (Lipinski definition) is 1. The van der Waals surface area contributed by atoms with Crippen molar-refractivity contribution in [3.8, 4) is 0 Å². The van der Waals surface area contributed by atoms with Crippen LogP contribution >= 0.6 is 0 Å². The van der Waals surface area contributed by atoms with Gasteiger partial charge in [0, 0.05) is 6.07 Å². The molecule has 0 bridgehead atoms. The lowest BCUT2D eigenvalue weighted by atomic mass is 10.2. The van der Waals surface area contributed by atoms with Crippen LogP contribution in [0.1, 0.15) is 20.8 Å². The molecule has 8 nitrogen and oxygen atoms in total. The molecule has 1 N–H and O–H groups in total. The van der Waals surface area contributed by atoms with Crippen molar-refractivity contribution in [2.45, 2.75) is 31.3 Å². The first kappa shape index (κ1) is 14.5. The molecule has 0 saturated carbocycles. The molecule has 0 amide bonds. The Labute approximate surface area is 104 Å². The van der Waals surface area contributed by atoms with Gasteiger partial charge in [0.05, 0.1) is 5.60 Å². The van der Waals surface area contributed by atoms with E-state index >= 15 is 0 Å².